The normalized spacial score (nSPS) is 12.1. The Bertz CT molecular complexity index is 564. The summed E-state index contributed by atoms with van der Waals surface area (Å²) < 4.78 is 1.51. The number of hydrogen-bond donors (Lipinski definition) is 3. The van der Waals surface area contributed by atoms with Crippen LogP contribution in [0.3, 0.4) is 0 Å². The van der Waals surface area contributed by atoms with Crippen LogP contribution in [0.1, 0.15) is 17.3 Å². The van der Waals surface area contributed by atoms with Crippen LogP contribution in [0.5, 0.6) is 0 Å². The average molecular weight is 261 g/mol. The van der Waals surface area contributed by atoms with E-state index in [2.05, 4.69) is 10.4 Å². The first-order valence-corrected chi connectivity index (χ1v) is 5.88. The molecule has 0 fully saturated rings. The van der Waals surface area contributed by atoms with Crippen LogP contribution in [0, 0.1) is 0 Å². The van der Waals surface area contributed by atoms with Gasteiger partial charge in [-0.25, -0.2) is 9.48 Å². The van der Waals surface area contributed by atoms with Crippen molar-refractivity contribution in [2.24, 2.45) is 0 Å². The van der Waals surface area contributed by atoms with E-state index in [0.717, 1.165) is 5.69 Å². The number of hydrogen-bond acceptors (Lipinski definition) is 4. The third-order valence-electron chi connectivity index (χ3n) is 2.57. The number of carboxylic acid groups (broad SMARTS) is 1. The molecule has 0 saturated heterocycles. The number of aliphatic hydroxyl groups is 1. The van der Waals surface area contributed by atoms with Gasteiger partial charge in [-0.2, -0.15) is 5.10 Å². The molecule has 19 heavy (non-hydrogen) atoms. The second-order valence-corrected chi connectivity index (χ2v) is 4.19. The largest absolute Gasteiger partial charge is 0.477 e. The zero-order valence-corrected chi connectivity index (χ0v) is 10.4. The Morgan fingerprint density at radius 1 is 1.42 bits per heavy atom. The fraction of sp³-hybridized carbons (Fsp3) is 0.231. The number of nitrogens with one attached hydrogen (secondary N) is 1. The number of benzene rings is 1. The summed E-state index contributed by atoms with van der Waals surface area (Å²) in [7, 11) is 0. The van der Waals surface area contributed by atoms with Crippen LogP contribution >= 0.6 is 0 Å². The molecule has 2 rings (SSSR count). The van der Waals surface area contributed by atoms with Crippen molar-refractivity contribution >= 4 is 11.8 Å². The van der Waals surface area contributed by atoms with Gasteiger partial charge in [0.1, 0.15) is 11.4 Å². The van der Waals surface area contributed by atoms with Crippen molar-refractivity contribution in [3.63, 3.8) is 0 Å². The molecule has 6 heteroatoms. The number of anilines is 1. The zero-order valence-electron chi connectivity index (χ0n) is 10.4. The Hall–Kier alpha value is -2.34. The highest BCUT2D eigenvalue weighted by molar-refractivity contribution is 5.93. The Morgan fingerprint density at radius 3 is 2.68 bits per heavy atom. The molecule has 0 spiro atoms. The van der Waals surface area contributed by atoms with E-state index in [1.165, 1.54) is 10.9 Å². The SMILES string of the molecule is CC(O)CNc1c(C(=O)O)cnn1-c1ccccc1. The smallest absolute Gasteiger partial charge is 0.341 e. The first-order chi connectivity index (χ1) is 9.09. The standard InChI is InChI=1S/C13H15N3O3/c1-9(17)7-14-12-11(13(18)19)8-15-16(12)10-5-3-2-4-6-10/h2-6,8-9,14,17H,7H2,1H3,(H,18,19). The molecule has 3 N–H and O–H groups in total. The first-order valence-electron chi connectivity index (χ1n) is 5.88. The summed E-state index contributed by atoms with van der Waals surface area (Å²) in [4.78, 5) is 11.2. The molecule has 0 aliphatic rings. The Labute approximate surface area is 110 Å². The predicted octanol–water partition coefficient (Wildman–Crippen LogP) is 1.36. The number of aliphatic hydroxyl groups excluding tert-OH is 1. The highest BCUT2D eigenvalue weighted by Gasteiger charge is 2.17. The van der Waals surface area contributed by atoms with Crippen molar-refractivity contribution in [3.05, 3.63) is 42.1 Å². The number of carbonyl (C=O) groups is 1. The molecule has 0 aliphatic carbocycles. The lowest BCUT2D eigenvalue weighted by Gasteiger charge is -2.12. The van der Waals surface area contributed by atoms with Crippen molar-refractivity contribution in [2.45, 2.75) is 13.0 Å². The molecule has 100 valence electrons. The Balaban J connectivity index is 2.41. The molecule has 2 aromatic rings. The van der Waals surface area contributed by atoms with Gasteiger partial charge < -0.3 is 15.5 Å². The maximum atomic E-state index is 11.2. The van der Waals surface area contributed by atoms with Gasteiger partial charge in [-0.15, -0.1) is 0 Å². The molecule has 0 amide bonds. The first kappa shape index (κ1) is 13.1. The molecule has 0 radical (unpaired) electrons. The highest BCUT2D eigenvalue weighted by atomic mass is 16.4. The van der Waals surface area contributed by atoms with Crippen LogP contribution < -0.4 is 5.32 Å². The maximum Gasteiger partial charge on any atom is 0.341 e. The minimum atomic E-state index is -1.06. The fourth-order valence-corrected chi connectivity index (χ4v) is 1.68. The van der Waals surface area contributed by atoms with Crippen molar-refractivity contribution in [1.29, 1.82) is 0 Å². The van der Waals surface area contributed by atoms with Crippen molar-refractivity contribution < 1.29 is 15.0 Å². The predicted molar refractivity (Wildman–Crippen MR) is 70.7 cm³/mol. The van der Waals surface area contributed by atoms with Crippen LogP contribution in [-0.4, -0.2) is 38.6 Å². The fourth-order valence-electron chi connectivity index (χ4n) is 1.68. The molecular weight excluding hydrogens is 246 g/mol. The van der Waals surface area contributed by atoms with Crippen LogP contribution in [0.2, 0.25) is 0 Å². The highest BCUT2D eigenvalue weighted by Crippen LogP contribution is 2.20. The summed E-state index contributed by atoms with van der Waals surface area (Å²) >= 11 is 0. The van der Waals surface area contributed by atoms with Gasteiger partial charge in [0.25, 0.3) is 0 Å². The van der Waals surface area contributed by atoms with E-state index < -0.39 is 12.1 Å². The molecule has 0 saturated carbocycles. The third-order valence-corrected chi connectivity index (χ3v) is 2.57. The number of aromatic carboxylic acids is 1. The summed E-state index contributed by atoms with van der Waals surface area (Å²) in [5.41, 5.74) is 0.826. The van der Waals surface area contributed by atoms with E-state index in [-0.39, 0.29) is 12.1 Å². The van der Waals surface area contributed by atoms with E-state index in [4.69, 9.17) is 5.11 Å². The van der Waals surface area contributed by atoms with Gasteiger partial charge in [-0.05, 0) is 19.1 Å². The van der Waals surface area contributed by atoms with E-state index in [1.54, 1.807) is 6.92 Å². The van der Waals surface area contributed by atoms with Crippen molar-refractivity contribution in [3.8, 4) is 5.69 Å². The quantitative estimate of drug-likeness (QED) is 0.756. The Kier molecular flexibility index (Phi) is 3.82. The van der Waals surface area contributed by atoms with Gasteiger partial charge in [-0.1, -0.05) is 18.2 Å². The molecule has 0 aliphatic heterocycles. The minimum Gasteiger partial charge on any atom is -0.477 e. The van der Waals surface area contributed by atoms with E-state index in [0.29, 0.717) is 5.82 Å². The van der Waals surface area contributed by atoms with Gasteiger partial charge in [0.15, 0.2) is 0 Å². The molecule has 6 nitrogen and oxygen atoms in total. The summed E-state index contributed by atoms with van der Waals surface area (Å²) in [6, 6.07) is 9.21. The van der Waals surface area contributed by atoms with E-state index in [1.807, 2.05) is 30.3 Å². The van der Waals surface area contributed by atoms with Gasteiger partial charge in [0.05, 0.1) is 18.0 Å². The molecule has 1 aromatic heterocycles. The van der Waals surface area contributed by atoms with Gasteiger partial charge >= 0.3 is 5.97 Å². The number of para-hydroxylation sites is 1. The van der Waals surface area contributed by atoms with Crippen molar-refractivity contribution in [1.82, 2.24) is 9.78 Å². The minimum absolute atomic E-state index is 0.0736. The lowest BCUT2D eigenvalue weighted by atomic mass is 10.3. The van der Waals surface area contributed by atoms with E-state index >= 15 is 0 Å². The van der Waals surface area contributed by atoms with Gasteiger partial charge in [-0.3, -0.25) is 0 Å². The second-order valence-electron chi connectivity index (χ2n) is 4.19. The number of aromatic nitrogens is 2. The number of rotatable bonds is 5. The molecule has 1 heterocycles. The summed E-state index contributed by atoms with van der Waals surface area (Å²) in [5, 5.41) is 25.4. The molecule has 1 aromatic carbocycles. The zero-order chi connectivity index (χ0) is 13.8. The monoisotopic (exact) mass is 261 g/mol. The van der Waals surface area contributed by atoms with E-state index in [9.17, 15) is 9.90 Å². The van der Waals surface area contributed by atoms with Gasteiger partial charge in [0, 0.05) is 6.54 Å². The molecule has 0 bridgehead atoms. The molecule has 1 atom stereocenters. The van der Waals surface area contributed by atoms with Crippen LogP contribution in [-0.2, 0) is 0 Å². The second kappa shape index (κ2) is 5.53. The maximum absolute atomic E-state index is 11.2. The molecular formula is C13H15N3O3. The topological polar surface area (TPSA) is 87.4 Å². The lowest BCUT2D eigenvalue weighted by Crippen LogP contribution is -2.19. The number of nitrogens with zero attached hydrogens (tertiary/aromatic N) is 2. The average Bonchev–Trinajstić information content (AvgIpc) is 2.81. The summed E-state index contributed by atoms with van der Waals surface area (Å²) in [5.74, 6) is -0.699. The molecule has 1 unspecified atom stereocenters. The lowest BCUT2D eigenvalue weighted by molar-refractivity contribution is 0.0697. The van der Waals surface area contributed by atoms with Crippen LogP contribution in [0.4, 0.5) is 5.82 Å². The summed E-state index contributed by atoms with van der Waals surface area (Å²) in [6.07, 6.45) is 0.709. The van der Waals surface area contributed by atoms with Crippen LogP contribution in [0.15, 0.2) is 36.5 Å². The van der Waals surface area contributed by atoms with Gasteiger partial charge in [0.2, 0.25) is 0 Å². The number of carboxylic acids is 1. The van der Waals surface area contributed by atoms with Crippen LogP contribution in [0.25, 0.3) is 5.69 Å². The summed E-state index contributed by atoms with van der Waals surface area (Å²) in [6.45, 7) is 1.87. The van der Waals surface area contributed by atoms with Crippen molar-refractivity contribution in [2.75, 3.05) is 11.9 Å². The Morgan fingerprint density at radius 2 is 2.11 bits per heavy atom. The third kappa shape index (κ3) is 2.92.